The van der Waals surface area contributed by atoms with E-state index in [0.717, 1.165) is 11.1 Å². The lowest BCUT2D eigenvalue weighted by molar-refractivity contribution is 0.0744. The van der Waals surface area contributed by atoms with Gasteiger partial charge < -0.3 is 4.90 Å². The molecule has 3 rings (SSSR count). The average Bonchev–Trinajstić information content (AvgIpc) is 2.67. The van der Waals surface area contributed by atoms with Crippen LogP contribution in [0.3, 0.4) is 0 Å². The number of hydrogen-bond acceptors (Lipinski definition) is 1. The Bertz CT molecular complexity index is 977. The van der Waals surface area contributed by atoms with E-state index in [0.29, 0.717) is 23.0 Å². The lowest BCUT2D eigenvalue weighted by Crippen LogP contribution is -2.32. The molecule has 6 heteroatoms. The summed E-state index contributed by atoms with van der Waals surface area (Å²) in [5.74, 6) is -1.14. The van der Waals surface area contributed by atoms with E-state index in [4.69, 9.17) is 23.2 Å². The average molecular weight is 420 g/mol. The Morgan fingerprint density at radius 3 is 2.32 bits per heavy atom. The van der Waals surface area contributed by atoms with Crippen molar-refractivity contribution in [1.29, 1.82) is 0 Å². The third-order valence-electron chi connectivity index (χ3n) is 4.31. The Morgan fingerprint density at radius 2 is 1.64 bits per heavy atom. The van der Waals surface area contributed by atoms with Gasteiger partial charge in [-0.25, -0.2) is 8.78 Å². The molecule has 0 saturated carbocycles. The molecular formula is C22H17Cl2F2NO. The summed E-state index contributed by atoms with van der Waals surface area (Å²) in [7, 11) is 0. The minimum atomic E-state index is -0.478. The fourth-order valence-electron chi connectivity index (χ4n) is 2.85. The number of carbonyl (C=O) groups is 1. The Labute approximate surface area is 172 Å². The van der Waals surface area contributed by atoms with Crippen molar-refractivity contribution in [3.05, 3.63) is 105 Å². The third kappa shape index (κ3) is 5.31. The number of benzene rings is 3. The fraction of sp³-hybridized carbons (Fsp3) is 0.136. The molecule has 0 spiro atoms. The first-order valence-corrected chi connectivity index (χ1v) is 9.41. The predicted octanol–water partition coefficient (Wildman–Crippen LogP) is 6.16. The quantitative estimate of drug-likeness (QED) is 0.468. The van der Waals surface area contributed by atoms with E-state index in [1.807, 2.05) is 6.07 Å². The molecule has 0 aliphatic heterocycles. The van der Waals surface area contributed by atoms with E-state index < -0.39 is 5.82 Å². The van der Waals surface area contributed by atoms with Crippen LogP contribution in [0.15, 0.2) is 66.7 Å². The van der Waals surface area contributed by atoms with E-state index >= 15 is 0 Å². The van der Waals surface area contributed by atoms with Crippen LogP contribution in [-0.4, -0.2) is 17.4 Å². The Balaban J connectivity index is 1.82. The van der Waals surface area contributed by atoms with Crippen LogP contribution < -0.4 is 0 Å². The maximum absolute atomic E-state index is 13.6. The lowest BCUT2D eigenvalue weighted by Gasteiger charge is -2.23. The van der Waals surface area contributed by atoms with E-state index in [2.05, 4.69) is 0 Å². The summed E-state index contributed by atoms with van der Waals surface area (Å²) in [6.45, 7) is 0.620. The van der Waals surface area contributed by atoms with Gasteiger partial charge in [-0.3, -0.25) is 4.79 Å². The summed E-state index contributed by atoms with van der Waals surface area (Å²) in [5, 5.41) is 1.06. The van der Waals surface area contributed by atoms with Gasteiger partial charge in [0.1, 0.15) is 11.6 Å². The Morgan fingerprint density at radius 1 is 0.893 bits per heavy atom. The Kier molecular flexibility index (Phi) is 6.65. The molecule has 0 N–H and O–H groups in total. The van der Waals surface area contributed by atoms with Crippen LogP contribution in [0, 0.1) is 11.6 Å². The topological polar surface area (TPSA) is 20.3 Å². The molecule has 0 aromatic heterocycles. The van der Waals surface area contributed by atoms with Gasteiger partial charge in [-0.15, -0.1) is 0 Å². The SMILES string of the molecule is O=C(c1cccc(F)c1)N(CCc1ccc(Cl)cc1Cl)Cc1ccc(F)cc1. The highest BCUT2D eigenvalue weighted by molar-refractivity contribution is 6.35. The van der Waals surface area contributed by atoms with Gasteiger partial charge in [-0.1, -0.05) is 47.5 Å². The predicted molar refractivity (Wildman–Crippen MR) is 108 cm³/mol. The minimum absolute atomic E-state index is 0.254. The molecule has 1 amide bonds. The highest BCUT2D eigenvalue weighted by Gasteiger charge is 2.17. The van der Waals surface area contributed by atoms with Crippen LogP contribution in [0.25, 0.3) is 0 Å². The monoisotopic (exact) mass is 419 g/mol. The zero-order valence-corrected chi connectivity index (χ0v) is 16.4. The second-order valence-corrected chi connectivity index (χ2v) is 7.19. The molecule has 0 heterocycles. The van der Waals surface area contributed by atoms with Crippen molar-refractivity contribution < 1.29 is 13.6 Å². The molecular weight excluding hydrogens is 403 g/mol. The van der Waals surface area contributed by atoms with Gasteiger partial charge in [0.05, 0.1) is 0 Å². The molecule has 0 bridgehead atoms. The molecule has 0 radical (unpaired) electrons. The smallest absolute Gasteiger partial charge is 0.254 e. The summed E-state index contributed by atoms with van der Waals surface area (Å²) >= 11 is 12.2. The molecule has 2 nitrogen and oxygen atoms in total. The maximum atomic E-state index is 13.6. The summed E-state index contributed by atoms with van der Waals surface area (Å²) in [6, 6.07) is 16.7. The van der Waals surface area contributed by atoms with E-state index in [1.54, 1.807) is 35.2 Å². The summed E-state index contributed by atoms with van der Waals surface area (Å²) in [6.07, 6.45) is 0.498. The van der Waals surface area contributed by atoms with Gasteiger partial charge in [-0.2, -0.15) is 0 Å². The first kappa shape index (κ1) is 20.3. The highest BCUT2D eigenvalue weighted by atomic mass is 35.5. The second-order valence-electron chi connectivity index (χ2n) is 6.35. The number of carbonyl (C=O) groups excluding carboxylic acids is 1. The van der Waals surface area contributed by atoms with Crippen LogP contribution in [0.1, 0.15) is 21.5 Å². The number of halogens is 4. The molecule has 0 aliphatic carbocycles. The molecule has 3 aromatic rings. The van der Waals surface area contributed by atoms with Crippen LogP contribution in [-0.2, 0) is 13.0 Å². The van der Waals surface area contributed by atoms with E-state index in [1.165, 1.54) is 30.3 Å². The van der Waals surface area contributed by atoms with E-state index in [9.17, 15) is 13.6 Å². The highest BCUT2D eigenvalue weighted by Crippen LogP contribution is 2.22. The summed E-state index contributed by atoms with van der Waals surface area (Å²) in [5.41, 5.74) is 1.87. The maximum Gasteiger partial charge on any atom is 0.254 e. The zero-order valence-electron chi connectivity index (χ0n) is 14.8. The molecule has 28 heavy (non-hydrogen) atoms. The van der Waals surface area contributed by atoms with E-state index in [-0.39, 0.29) is 23.8 Å². The van der Waals surface area contributed by atoms with Gasteiger partial charge >= 0.3 is 0 Å². The number of rotatable bonds is 6. The van der Waals surface area contributed by atoms with Gasteiger partial charge in [0.25, 0.3) is 5.91 Å². The fourth-order valence-corrected chi connectivity index (χ4v) is 3.35. The first-order chi connectivity index (χ1) is 13.4. The molecule has 0 aliphatic rings. The van der Waals surface area contributed by atoms with Crippen molar-refractivity contribution in [2.75, 3.05) is 6.54 Å². The van der Waals surface area contributed by atoms with Crippen molar-refractivity contribution in [1.82, 2.24) is 4.90 Å². The van der Waals surface area contributed by atoms with Crippen LogP contribution in [0.2, 0.25) is 10.0 Å². The van der Waals surface area contributed by atoms with Gasteiger partial charge in [0.15, 0.2) is 0 Å². The van der Waals surface area contributed by atoms with Crippen molar-refractivity contribution in [2.24, 2.45) is 0 Å². The summed E-state index contributed by atoms with van der Waals surface area (Å²) < 4.78 is 26.8. The van der Waals surface area contributed by atoms with Gasteiger partial charge in [0, 0.05) is 28.7 Å². The standard InChI is InChI=1S/C22H17Cl2F2NO/c23-18-7-6-16(21(24)13-18)10-11-27(14-15-4-8-19(25)9-5-15)22(28)17-2-1-3-20(26)12-17/h1-9,12-13H,10-11,14H2. The zero-order chi connectivity index (χ0) is 20.1. The third-order valence-corrected chi connectivity index (χ3v) is 4.90. The van der Waals surface area contributed by atoms with Crippen molar-refractivity contribution in [2.45, 2.75) is 13.0 Å². The van der Waals surface area contributed by atoms with Crippen LogP contribution >= 0.6 is 23.2 Å². The molecule has 144 valence electrons. The van der Waals surface area contributed by atoms with Crippen LogP contribution in [0.5, 0.6) is 0 Å². The summed E-state index contributed by atoms with van der Waals surface area (Å²) in [4.78, 5) is 14.5. The largest absolute Gasteiger partial charge is 0.334 e. The van der Waals surface area contributed by atoms with Crippen molar-refractivity contribution >= 4 is 29.1 Å². The van der Waals surface area contributed by atoms with Crippen molar-refractivity contribution in [3.8, 4) is 0 Å². The number of hydrogen-bond donors (Lipinski definition) is 0. The number of amides is 1. The molecule has 0 saturated heterocycles. The minimum Gasteiger partial charge on any atom is -0.334 e. The Hall–Kier alpha value is -2.43. The first-order valence-electron chi connectivity index (χ1n) is 8.65. The molecule has 0 fully saturated rings. The molecule has 0 atom stereocenters. The van der Waals surface area contributed by atoms with Gasteiger partial charge in [0.2, 0.25) is 0 Å². The van der Waals surface area contributed by atoms with Crippen LogP contribution in [0.4, 0.5) is 8.78 Å². The number of nitrogens with zero attached hydrogens (tertiary/aromatic N) is 1. The van der Waals surface area contributed by atoms with Crippen molar-refractivity contribution in [3.63, 3.8) is 0 Å². The second kappa shape index (κ2) is 9.18. The van der Waals surface area contributed by atoms with Gasteiger partial charge in [-0.05, 0) is 60.0 Å². The molecule has 0 unspecified atom stereocenters. The lowest BCUT2D eigenvalue weighted by atomic mass is 10.1. The molecule has 3 aromatic carbocycles. The normalized spacial score (nSPS) is 10.7.